The van der Waals surface area contributed by atoms with Crippen LogP contribution in [-0.2, 0) is 0 Å². The van der Waals surface area contributed by atoms with Crippen molar-refractivity contribution in [2.75, 3.05) is 13.2 Å². The summed E-state index contributed by atoms with van der Waals surface area (Å²) < 4.78 is 5.70. The Kier molecular flexibility index (Phi) is 5.65. The average molecular weight is 286 g/mol. The van der Waals surface area contributed by atoms with Crippen LogP contribution in [0, 0.1) is 13.8 Å². The molecule has 0 aliphatic heterocycles. The average Bonchev–Trinajstić information content (AvgIpc) is 2.23. The number of aryl methyl sites for hydroxylation is 2. The van der Waals surface area contributed by atoms with Crippen molar-refractivity contribution < 1.29 is 9.84 Å². The van der Waals surface area contributed by atoms with Crippen molar-refractivity contribution in [1.82, 2.24) is 5.32 Å². The minimum atomic E-state index is -0.534. The van der Waals surface area contributed by atoms with Gasteiger partial charge in [0.25, 0.3) is 0 Å². The second kappa shape index (κ2) is 6.60. The van der Waals surface area contributed by atoms with Crippen LogP contribution in [0.5, 0.6) is 5.75 Å². The minimum absolute atomic E-state index is 0.00686. The largest absolute Gasteiger partial charge is 0.490 e. The Morgan fingerprint density at radius 2 is 1.79 bits per heavy atom. The van der Waals surface area contributed by atoms with Crippen LogP contribution >= 0.6 is 11.6 Å². The molecule has 0 amide bonds. The number of β-amino-alcohol motifs (C(OH)–C–C–N with tert-alkyl or cyclic N) is 1. The van der Waals surface area contributed by atoms with Gasteiger partial charge >= 0.3 is 0 Å². The molecular weight excluding hydrogens is 262 g/mol. The van der Waals surface area contributed by atoms with Gasteiger partial charge in [0.1, 0.15) is 18.5 Å². The van der Waals surface area contributed by atoms with Crippen LogP contribution in [0.4, 0.5) is 0 Å². The number of rotatable bonds is 5. The van der Waals surface area contributed by atoms with Gasteiger partial charge in [-0.05, 0) is 57.9 Å². The van der Waals surface area contributed by atoms with E-state index in [9.17, 15) is 5.11 Å². The molecule has 1 aromatic carbocycles. The van der Waals surface area contributed by atoms with Gasteiger partial charge in [0.05, 0.1) is 0 Å². The zero-order valence-corrected chi connectivity index (χ0v) is 13.1. The summed E-state index contributed by atoms with van der Waals surface area (Å²) >= 11 is 5.97. The number of aliphatic hydroxyl groups excluding tert-OH is 1. The standard InChI is InChI=1S/C15H24ClNO2/c1-10-6-12(16)7-11(2)14(10)19-9-13(18)8-17-15(3,4)5/h6-7,13,17-18H,8-9H2,1-5H3. The molecule has 1 atom stereocenters. The fourth-order valence-electron chi connectivity index (χ4n) is 1.79. The second-order valence-corrected chi connectivity index (χ2v) is 6.40. The first-order chi connectivity index (χ1) is 8.69. The molecule has 1 rings (SSSR count). The highest BCUT2D eigenvalue weighted by atomic mass is 35.5. The number of nitrogens with one attached hydrogen (secondary N) is 1. The van der Waals surface area contributed by atoms with E-state index in [1.54, 1.807) is 0 Å². The molecule has 0 heterocycles. The molecule has 0 spiro atoms. The topological polar surface area (TPSA) is 41.5 Å². The van der Waals surface area contributed by atoms with Crippen LogP contribution in [0.15, 0.2) is 12.1 Å². The summed E-state index contributed by atoms with van der Waals surface area (Å²) in [5.41, 5.74) is 1.97. The molecule has 0 fully saturated rings. The van der Waals surface area contributed by atoms with E-state index in [-0.39, 0.29) is 12.1 Å². The lowest BCUT2D eigenvalue weighted by Crippen LogP contribution is -2.42. The smallest absolute Gasteiger partial charge is 0.125 e. The zero-order valence-electron chi connectivity index (χ0n) is 12.4. The number of halogens is 1. The predicted molar refractivity (Wildman–Crippen MR) is 80.2 cm³/mol. The Morgan fingerprint density at radius 3 is 2.26 bits per heavy atom. The molecule has 0 saturated heterocycles. The number of benzene rings is 1. The fraction of sp³-hybridized carbons (Fsp3) is 0.600. The number of aliphatic hydroxyl groups is 1. The third-order valence-corrected chi connectivity index (χ3v) is 2.93. The summed E-state index contributed by atoms with van der Waals surface area (Å²) in [6, 6.07) is 3.73. The van der Waals surface area contributed by atoms with Gasteiger partial charge < -0.3 is 15.2 Å². The van der Waals surface area contributed by atoms with Gasteiger partial charge in [-0.15, -0.1) is 0 Å². The zero-order chi connectivity index (χ0) is 14.6. The summed E-state index contributed by atoms with van der Waals surface area (Å²) in [7, 11) is 0. The van der Waals surface area contributed by atoms with Crippen LogP contribution in [0.3, 0.4) is 0 Å². The molecule has 0 saturated carbocycles. The normalized spacial score (nSPS) is 13.4. The Morgan fingerprint density at radius 1 is 1.26 bits per heavy atom. The molecule has 3 nitrogen and oxygen atoms in total. The molecule has 4 heteroatoms. The molecule has 108 valence electrons. The molecule has 0 radical (unpaired) electrons. The van der Waals surface area contributed by atoms with Crippen molar-refractivity contribution in [1.29, 1.82) is 0 Å². The van der Waals surface area contributed by atoms with E-state index in [1.807, 2.05) is 26.0 Å². The third-order valence-electron chi connectivity index (χ3n) is 2.71. The highest BCUT2D eigenvalue weighted by Crippen LogP contribution is 2.27. The predicted octanol–water partition coefficient (Wildman–Crippen LogP) is 3.08. The summed E-state index contributed by atoms with van der Waals surface area (Å²) in [5.74, 6) is 0.805. The van der Waals surface area contributed by atoms with E-state index in [0.29, 0.717) is 11.6 Å². The Hall–Kier alpha value is -0.770. The van der Waals surface area contributed by atoms with Gasteiger partial charge in [-0.3, -0.25) is 0 Å². The van der Waals surface area contributed by atoms with E-state index in [2.05, 4.69) is 26.1 Å². The maximum Gasteiger partial charge on any atom is 0.125 e. The minimum Gasteiger partial charge on any atom is -0.490 e. The second-order valence-electron chi connectivity index (χ2n) is 5.96. The van der Waals surface area contributed by atoms with Gasteiger partial charge in [0.2, 0.25) is 0 Å². The molecule has 0 aromatic heterocycles. The van der Waals surface area contributed by atoms with E-state index in [4.69, 9.17) is 16.3 Å². The third kappa shape index (κ3) is 5.81. The molecule has 0 aliphatic carbocycles. The van der Waals surface area contributed by atoms with Crippen LogP contribution < -0.4 is 10.1 Å². The SMILES string of the molecule is Cc1cc(Cl)cc(C)c1OCC(O)CNC(C)(C)C. The van der Waals surface area contributed by atoms with Crippen molar-refractivity contribution in [2.24, 2.45) is 0 Å². The van der Waals surface area contributed by atoms with Gasteiger partial charge in [-0.2, -0.15) is 0 Å². The summed E-state index contributed by atoms with van der Waals surface area (Å²) in [6.07, 6.45) is -0.534. The monoisotopic (exact) mass is 285 g/mol. The lowest BCUT2D eigenvalue weighted by molar-refractivity contribution is 0.0994. The van der Waals surface area contributed by atoms with Gasteiger partial charge in [0.15, 0.2) is 0 Å². The van der Waals surface area contributed by atoms with Crippen LogP contribution in [-0.4, -0.2) is 29.9 Å². The fourth-order valence-corrected chi connectivity index (χ4v) is 2.11. The van der Waals surface area contributed by atoms with Gasteiger partial charge in [-0.1, -0.05) is 11.6 Å². The van der Waals surface area contributed by atoms with E-state index in [0.717, 1.165) is 16.9 Å². The highest BCUT2D eigenvalue weighted by Gasteiger charge is 2.13. The molecule has 1 aromatic rings. The van der Waals surface area contributed by atoms with Crippen LogP contribution in [0.2, 0.25) is 5.02 Å². The molecule has 1 unspecified atom stereocenters. The number of ether oxygens (including phenoxy) is 1. The first kappa shape index (κ1) is 16.3. The van der Waals surface area contributed by atoms with Crippen molar-refractivity contribution in [3.8, 4) is 5.75 Å². The molecule has 19 heavy (non-hydrogen) atoms. The molecule has 0 aliphatic rings. The maximum atomic E-state index is 9.90. The van der Waals surface area contributed by atoms with E-state index in [1.165, 1.54) is 0 Å². The summed E-state index contributed by atoms with van der Waals surface area (Å²) in [5, 5.41) is 13.8. The Bertz CT molecular complexity index is 404. The highest BCUT2D eigenvalue weighted by molar-refractivity contribution is 6.30. The first-order valence-corrected chi connectivity index (χ1v) is 6.89. The molecule has 2 N–H and O–H groups in total. The van der Waals surface area contributed by atoms with Crippen molar-refractivity contribution >= 4 is 11.6 Å². The van der Waals surface area contributed by atoms with Crippen molar-refractivity contribution in [3.63, 3.8) is 0 Å². The van der Waals surface area contributed by atoms with Crippen LogP contribution in [0.25, 0.3) is 0 Å². The van der Waals surface area contributed by atoms with Gasteiger partial charge in [0, 0.05) is 17.1 Å². The Labute approximate surface area is 120 Å². The quantitative estimate of drug-likeness (QED) is 0.873. The van der Waals surface area contributed by atoms with Crippen LogP contribution in [0.1, 0.15) is 31.9 Å². The van der Waals surface area contributed by atoms with Crippen molar-refractivity contribution in [3.05, 3.63) is 28.3 Å². The maximum absolute atomic E-state index is 9.90. The number of hydrogen-bond acceptors (Lipinski definition) is 3. The van der Waals surface area contributed by atoms with Gasteiger partial charge in [-0.25, -0.2) is 0 Å². The lowest BCUT2D eigenvalue weighted by Gasteiger charge is -2.23. The first-order valence-electron chi connectivity index (χ1n) is 6.51. The number of hydrogen-bond donors (Lipinski definition) is 2. The summed E-state index contributed by atoms with van der Waals surface area (Å²) in [4.78, 5) is 0. The molecular formula is C15H24ClNO2. The summed E-state index contributed by atoms with van der Waals surface area (Å²) in [6.45, 7) is 10.9. The molecule has 0 bridgehead atoms. The Balaban J connectivity index is 2.53. The lowest BCUT2D eigenvalue weighted by atomic mass is 10.1. The van der Waals surface area contributed by atoms with E-state index >= 15 is 0 Å². The van der Waals surface area contributed by atoms with Crippen molar-refractivity contribution in [2.45, 2.75) is 46.3 Å². The van der Waals surface area contributed by atoms with E-state index < -0.39 is 6.10 Å².